The molecule has 1 unspecified atom stereocenters. The topological polar surface area (TPSA) is 107 Å². The molecular weight excluding hydrogens is 418 g/mol. The SMILES string of the molecule is Cc1cccc(C)c1-c1ccc(N(C(=O)NCCC(=O)O)C2C(=O)C=CN(C)C2=O)s1. The minimum absolute atomic E-state index is 0.124. The van der Waals surface area contributed by atoms with E-state index in [1.165, 1.54) is 35.6 Å². The van der Waals surface area contributed by atoms with Crippen LogP contribution in [-0.4, -0.2) is 53.3 Å². The Morgan fingerprint density at radius 2 is 1.84 bits per heavy atom. The number of hydrogen-bond acceptors (Lipinski definition) is 5. The van der Waals surface area contributed by atoms with E-state index < -0.39 is 29.7 Å². The highest BCUT2D eigenvalue weighted by Gasteiger charge is 2.40. The predicted octanol–water partition coefficient (Wildman–Crippen LogP) is 2.95. The summed E-state index contributed by atoms with van der Waals surface area (Å²) >= 11 is 1.29. The maximum absolute atomic E-state index is 13.0. The number of amides is 3. The number of aryl methyl sites for hydroxylation is 2. The molecule has 1 aromatic heterocycles. The highest BCUT2D eigenvalue weighted by molar-refractivity contribution is 7.19. The molecule has 3 rings (SSSR count). The van der Waals surface area contributed by atoms with E-state index in [4.69, 9.17) is 5.11 Å². The lowest BCUT2D eigenvalue weighted by molar-refractivity contribution is -0.137. The molecule has 8 nitrogen and oxygen atoms in total. The van der Waals surface area contributed by atoms with Crippen LogP contribution in [0, 0.1) is 13.8 Å². The van der Waals surface area contributed by atoms with Crippen LogP contribution in [0.15, 0.2) is 42.6 Å². The third-order valence-corrected chi connectivity index (χ3v) is 6.06. The second-order valence-electron chi connectivity index (χ2n) is 7.22. The number of aliphatic carboxylic acids is 1. The Balaban J connectivity index is 2.01. The van der Waals surface area contributed by atoms with Gasteiger partial charge in [-0.3, -0.25) is 19.3 Å². The summed E-state index contributed by atoms with van der Waals surface area (Å²) in [7, 11) is 1.51. The molecule has 2 aromatic rings. The summed E-state index contributed by atoms with van der Waals surface area (Å²) in [6.07, 6.45) is 2.34. The van der Waals surface area contributed by atoms with Crippen molar-refractivity contribution in [1.82, 2.24) is 10.2 Å². The molecule has 2 N–H and O–H groups in total. The van der Waals surface area contributed by atoms with E-state index in [9.17, 15) is 19.2 Å². The van der Waals surface area contributed by atoms with E-state index in [0.717, 1.165) is 26.5 Å². The molecule has 2 heterocycles. The van der Waals surface area contributed by atoms with E-state index in [-0.39, 0.29) is 13.0 Å². The molecule has 162 valence electrons. The molecule has 0 aliphatic carbocycles. The van der Waals surface area contributed by atoms with Gasteiger partial charge in [0.25, 0.3) is 5.91 Å². The van der Waals surface area contributed by atoms with Gasteiger partial charge in [0.15, 0.2) is 11.8 Å². The Morgan fingerprint density at radius 1 is 1.16 bits per heavy atom. The fraction of sp³-hybridized carbons (Fsp3) is 0.273. The standard InChI is InChI=1S/C22H23N3O5S/c1-13-5-4-6-14(2)19(13)16-7-8-17(31-16)25(22(30)23-11-9-18(27)28)20-15(26)10-12-24(3)21(20)29/h4-8,10,12,20H,9,11H2,1-3H3,(H,23,30)(H,27,28). The van der Waals surface area contributed by atoms with Gasteiger partial charge in [-0.15, -0.1) is 11.3 Å². The first-order chi connectivity index (χ1) is 14.7. The number of carboxylic acid groups (broad SMARTS) is 1. The Hall–Kier alpha value is -3.46. The van der Waals surface area contributed by atoms with Crippen molar-refractivity contribution in [3.63, 3.8) is 0 Å². The van der Waals surface area contributed by atoms with Crippen LogP contribution < -0.4 is 10.2 Å². The van der Waals surface area contributed by atoms with Crippen LogP contribution in [0.5, 0.6) is 0 Å². The van der Waals surface area contributed by atoms with Gasteiger partial charge in [0.1, 0.15) is 5.00 Å². The van der Waals surface area contributed by atoms with Crippen LogP contribution in [0.25, 0.3) is 10.4 Å². The highest BCUT2D eigenvalue weighted by Crippen LogP contribution is 2.38. The van der Waals surface area contributed by atoms with Crippen LogP contribution in [0.3, 0.4) is 0 Å². The van der Waals surface area contributed by atoms with E-state index in [0.29, 0.717) is 5.00 Å². The predicted molar refractivity (Wildman–Crippen MR) is 118 cm³/mol. The van der Waals surface area contributed by atoms with Crippen LogP contribution in [0.1, 0.15) is 17.5 Å². The summed E-state index contributed by atoms with van der Waals surface area (Å²) in [6, 6.07) is 7.44. The number of carboxylic acids is 1. The minimum Gasteiger partial charge on any atom is -0.481 e. The number of nitrogens with zero attached hydrogens (tertiary/aromatic N) is 2. The van der Waals surface area contributed by atoms with Crippen molar-refractivity contribution in [3.8, 4) is 10.4 Å². The molecule has 0 radical (unpaired) electrons. The third-order valence-electron chi connectivity index (χ3n) is 4.96. The quantitative estimate of drug-likeness (QED) is 0.671. The lowest BCUT2D eigenvalue weighted by Gasteiger charge is -2.32. The van der Waals surface area contributed by atoms with Crippen molar-refractivity contribution in [2.24, 2.45) is 0 Å². The van der Waals surface area contributed by atoms with Crippen molar-refractivity contribution < 1.29 is 24.3 Å². The summed E-state index contributed by atoms with van der Waals surface area (Å²) in [4.78, 5) is 52.4. The van der Waals surface area contributed by atoms with Gasteiger partial charge in [-0.05, 0) is 42.7 Å². The van der Waals surface area contributed by atoms with E-state index >= 15 is 0 Å². The smallest absolute Gasteiger partial charge is 0.323 e. The molecule has 1 aliphatic heterocycles. The van der Waals surface area contributed by atoms with Gasteiger partial charge >= 0.3 is 12.0 Å². The van der Waals surface area contributed by atoms with Gasteiger partial charge < -0.3 is 15.3 Å². The van der Waals surface area contributed by atoms with E-state index in [2.05, 4.69) is 5.32 Å². The Morgan fingerprint density at radius 3 is 2.48 bits per heavy atom. The zero-order chi connectivity index (χ0) is 22.7. The molecule has 31 heavy (non-hydrogen) atoms. The minimum atomic E-state index is -1.36. The maximum Gasteiger partial charge on any atom is 0.323 e. The van der Waals surface area contributed by atoms with Crippen LogP contribution >= 0.6 is 11.3 Å². The summed E-state index contributed by atoms with van der Waals surface area (Å²) < 4.78 is 0. The average Bonchev–Trinajstić information content (AvgIpc) is 3.16. The Bertz CT molecular complexity index is 1050. The van der Waals surface area contributed by atoms with E-state index in [1.54, 1.807) is 6.07 Å². The van der Waals surface area contributed by atoms with Gasteiger partial charge in [-0.2, -0.15) is 0 Å². The molecular formula is C22H23N3O5S. The summed E-state index contributed by atoms with van der Waals surface area (Å²) in [6.45, 7) is 3.86. The number of anilines is 1. The van der Waals surface area contributed by atoms with Crippen LogP contribution in [0.2, 0.25) is 0 Å². The molecule has 0 saturated carbocycles. The Labute approximate surface area is 183 Å². The summed E-state index contributed by atoms with van der Waals surface area (Å²) in [5.41, 5.74) is 3.17. The first-order valence-electron chi connectivity index (χ1n) is 9.64. The number of urea groups is 1. The van der Waals surface area contributed by atoms with Gasteiger partial charge in [-0.1, -0.05) is 18.2 Å². The van der Waals surface area contributed by atoms with Crippen LogP contribution in [0.4, 0.5) is 9.80 Å². The number of carbonyl (C=O) groups is 4. The lowest BCUT2D eigenvalue weighted by atomic mass is 10.0. The van der Waals surface area contributed by atoms with Gasteiger partial charge in [-0.25, -0.2) is 4.79 Å². The maximum atomic E-state index is 13.0. The molecule has 0 spiro atoms. The fourth-order valence-electron chi connectivity index (χ4n) is 3.40. The van der Waals surface area contributed by atoms with Crippen molar-refractivity contribution in [3.05, 3.63) is 53.7 Å². The number of benzene rings is 1. The highest BCUT2D eigenvalue weighted by atomic mass is 32.1. The van der Waals surface area contributed by atoms with Crippen molar-refractivity contribution >= 4 is 40.0 Å². The third kappa shape index (κ3) is 4.66. The zero-order valence-electron chi connectivity index (χ0n) is 17.4. The van der Waals surface area contributed by atoms with Gasteiger partial charge in [0.2, 0.25) is 0 Å². The number of ketones is 1. The molecule has 9 heteroatoms. The van der Waals surface area contributed by atoms with Gasteiger partial charge in [0, 0.05) is 30.7 Å². The monoisotopic (exact) mass is 441 g/mol. The van der Waals surface area contributed by atoms with Gasteiger partial charge in [0.05, 0.1) is 6.42 Å². The molecule has 1 aromatic carbocycles. The molecule has 1 aliphatic rings. The number of nitrogens with one attached hydrogen (secondary N) is 1. The number of carbonyl (C=O) groups excluding carboxylic acids is 3. The van der Waals surface area contributed by atoms with Crippen molar-refractivity contribution in [2.75, 3.05) is 18.5 Å². The first-order valence-corrected chi connectivity index (χ1v) is 10.5. The zero-order valence-corrected chi connectivity index (χ0v) is 18.2. The summed E-state index contributed by atoms with van der Waals surface area (Å²) in [5.74, 6) is -2.12. The number of rotatable bonds is 6. The lowest BCUT2D eigenvalue weighted by Crippen LogP contribution is -2.57. The summed E-state index contributed by atoms with van der Waals surface area (Å²) in [5, 5.41) is 11.8. The fourth-order valence-corrected chi connectivity index (χ4v) is 4.61. The number of thiophene rings is 1. The number of hydrogen-bond donors (Lipinski definition) is 2. The normalized spacial score (nSPS) is 15.8. The average molecular weight is 442 g/mol. The van der Waals surface area contributed by atoms with Crippen molar-refractivity contribution in [2.45, 2.75) is 26.3 Å². The molecule has 0 fully saturated rings. The molecule has 0 saturated heterocycles. The molecule has 0 bridgehead atoms. The largest absolute Gasteiger partial charge is 0.481 e. The number of likely N-dealkylation sites (N-methyl/N-ethyl adjacent to an activating group) is 1. The van der Waals surface area contributed by atoms with Crippen molar-refractivity contribution in [1.29, 1.82) is 0 Å². The first kappa shape index (κ1) is 22.2. The molecule has 1 atom stereocenters. The molecule has 3 amide bonds. The Kier molecular flexibility index (Phi) is 6.55. The second kappa shape index (κ2) is 9.13. The van der Waals surface area contributed by atoms with E-state index in [1.807, 2.05) is 38.1 Å². The van der Waals surface area contributed by atoms with Crippen LogP contribution in [-0.2, 0) is 14.4 Å². The second-order valence-corrected chi connectivity index (χ2v) is 8.28.